The molecule has 3 rings (SSSR count). The number of carboxylic acid groups (broad SMARTS) is 1. The molecule has 2 aliphatic rings. The van der Waals surface area contributed by atoms with Crippen molar-refractivity contribution in [3.05, 3.63) is 24.0 Å². The van der Waals surface area contributed by atoms with Gasteiger partial charge in [-0.05, 0) is 25.1 Å². The predicted molar refractivity (Wildman–Crippen MR) is 110 cm³/mol. The summed E-state index contributed by atoms with van der Waals surface area (Å²) in [5.74, 6) is -0.472. The lowest BCUT2D eigenvalue weighted by Crippen LogP contribution is -2.48. The number of anilines is 2. The molecule has 0 aromatic heterocycles. The third-order valence-electron chi connectivity index (χ3n) is 4.88. The van der Waals surface area contributed by atoms with E-state index < -0.39 is 24.1 Å². The number of benzene rings is 1. The highest BCUT2D eigenvalue weighted by Gasteiger charge is 2.36. The molecule has 2 atom stereocenters. The number of amides is 2. The number of halogens is 1. The summed E-state index contributed by atoms with van der Waals surface area (Å²) in [6.07, 6.45) is -1.96. The van der Waals surface area contributed by atoms with Crippen molar-refractivity contribution in [1.29, 1.82) is 0 Å². The number of hydrogen-bond acceptors (Lipinski definition) is 5. The molecule has 2 fully saturated rings. The molecule has 0 spiro atoms. The number of hydrogen-bond donors (Lipinski definition) is 3. The molecular weight excluding hydrogens is 407 g/mol. The van der Waals surface area contributed by atoms with Gasteiger partial charge in [0.25, 0.3) is 0 Å². The molecule has 1 aromatic rings. The van der Waals surface area contributed by atoms with E-state index in [0.717, 1.165) is 0 Å². The van der Waals surface area contributed by atoms with Crippen LogP contribution in [-0.4, -0.2) is 71.4 Å². The van der Waals surface area contributed by atoms with Crippen LogP contribution >= 0.6 is 24.8 Å². The van der Waals surface area contributed by atoms with Crippen molar-refractivity contribution in [3.63, 3.8) is 0 Å². The van der Waals surface area contributed by atoms with Crippen molar-refractivity contribution in [2.45, 2.75) is 19.1 Å². The molecular formula is C17H21FN4O4S2. The van der Waals surface area contributed by atoms with Crippen LogP contribution in [0.15, 0.2) is 18.2 Å². The SMILES string of the molecule is CC(NC(=S)S)[C@@H]1CN(c2ccc(N3CCN(C(=O)O)CC3)c(F)c2)C(=O)O1. The van der Waals surface area contributed by atoms with Crippen molar-refractivity contribution in [2.24, 2.45) is 0 Å². The number of cyclic esters (lactones) is 1. The largest absolute Gasteiger partial charge is 0.465 e. The van der Waals surface area contributed by atoms with Crippen LogP contribution in [0.5, 0.6) is 0 Å². The first-order valence-electron chi connectivity index (χ1n) is 8.76. The van der Waals surface area contributed by atoms with Crippen LogP contribution in [0.25, 0.3) is 0 Å². The van der Waals surface area contributed by atoms with Crippen LogP contribution in [0, 0.1) is 5.82 Å². The zero-order valence-corrected chi connectivity index (χ0v) is 16.9. The quantitative estimate of drug-likeness (QED) is 0.501. The first-order chi connectivity index (χ1) is 13.3. The number of thiol groups is 1. The van der Waals surface area contributed by atoms with Gasteiger partial charge in [0.15, 0.2) is 0 Å². The third-order valence-corrected chi connectivity index (χ3v) is 5.12. The van der Waals surface area contributed by atoms with Gasteiger partial charge in [0.1, 0.15) is 16.2 Å². The average molecular weight is 429 g/mol. The minimum absolute atomic E-state index is 0.228. The number of ether oxygens (including phenoxy) is 1. The molecule has 2 N–H and O–H groups in total. The maximum atomic E-state index is 14.7. The van der Waals surface area contributed by atoms with Crippen LogP contribution in [0.2, 0.25) is 0 Å². The second-order valence-electron chi connectivity index (χ2n) is 6.66. The smallest absolute Gasteiger partial charge is 0.414 e. The minimum Gasteiger partial charge on any atom is -0.465 e. The molecule has 2 amide bonds. The average Bonchev–Trinajstić information content (AvgIpc) is 3.03. The van der Waals surface area contributed by atoms with Gasteiger partial charge < -0.3 is 25.0 Å². The summed E-state index contributed by atoms with van der Waals surface area (Å²) in [6, 6.07) is 4.33. The van der Waals surface area contributed by atoms with Gasteiger partial charge in [-0.2, -0.15) is 0 Å². The van der Waals surface area contributed by atoms with E-state index >= 15 is 0 Å². The van der Waals surface area contributed by atoms with E-state index in [1.54, 1.807) is 17.0 Å². The lowest BCUT2D eigenvalue weighted by molar-refractivity contribution is 0.126. The second kappa shape index (κ2) is 8.39. The zero-order valence-electron chi connectivity index (χ0n) is 15.2. The molecule has 0 aliphatic carbocycles. The highest BCUT2D eigenvalue weighted by molar-refractivity contribution is 8.11. The molecule has 0 saturated carbocycles. The third kappa shape index (κ3) is 4.41. The van der Waals surface area contributed by atoms with Gasteiger partial charge in [-0.1, -0.05) is 12.2 Å². The lowest BCUT2D eigenvalue weighted by Gasteiger charge is -2.34. The van der Waals surface area contributed by atoms with E-state index in [2.05, 4.69) is 17.9 Å². The van der Waals surface area contributed by atoms with Crippen LogP contribution < -0.4 is 15.1 Å². The van der Waals surface area contributed by atoms with Gasteiger partial charge in [-0.15, -0.1) is 12.6 Å². The Balaban J connectivity index is 1.68. The molecule has 2 aliphatic heterocycles. The normalized spacial score (nSPS) is 20.8. The van der Waals surface area contributed by atoms with Crippen molar-refractivity contribution >= 4 is 52.7 Å². The number of thiocarbonyl (C=S) groups is 1. The number of carbonyl (C=O) groups is 2. The molecule has 8 nitrogen and oxygen atoms in total. The molecule has 1 unspecified atom stereocenters. The summed E-state index contributed by atoms with van der Waals surface area (Å²) in [7, 11) is 0. The number of rotatable bonds is 4. The van der Waals surface area contributed by atoms with E-state index in [1.807, 2.05) is 6.92 Å². The van der Waals surface area contributed by atoms with E-state index in [4.69, 9.17) is 22.1 Å². The van der Waals surface area contributed by atoms with Gasteiger partial charge in [0.2, 0.25) is 0 Å². The number of piperazine rings is 1. The fraction of sp³-hybridized carbons (Fsp3) is 0.471. The van der Waals surface area contributed by atoms with Crippen LogP contribution in [0.3, 0.4) is 0 Å². The predicted octanol–water partition coefficient (Wildman–Crippen LogP) is 2.14. The monoisotopic (exact) mass is 428 g/mol. The summed E-state index contributed by atoms with van der Waals surface area (Å²) in [6.45, 7) is 3.53. The Morgan fingerprint density at radius 2 is 2.07 bits per heavy atom. The Morgan fingerprint density at radius 1 is 1.39 bits per heavy atom. The van der Waals surface area contributed by atoms with Crippen LogP contribution in [0.4, 0.5) is 25.4 Å². The Morgan fingerprint density at radius 3 is 2.64 bits per heavy atom. The van der Waals surface area contributed by atoms with E-state index in [9.17, 15) is 14.0 Å². The van der Waals surface area contributed by atoms with Crippen molar-refractivity contribution < 1.29 is 23.8 Å². The second-order valence-corrected chi connectivity index (χ2v) is 7.82. The fourth-order valence-corrected chi connectivity index (χ4v) is 3.69. The summed E-state index contributed by atoms with van der Waals surface area (Å²) in [5, 5.41) is 11.9. The Hall–Kier alpha value is -2.27. The van der Waals surface area contributed by atoms with Crippen molar-refractivity contribution in [3.8, 4) is 0 Å². The molecule has 2 saturated heterocycles. The summed E-state index contributed by atoms with van der Waals surface area (Å²) in [4.78, 5) is 27.7. The van der Waals surface area contributed by atoms with E-state index in [0.29, 0.717) is 41.9 Å². The van der Waals surface area contributed by atoms with Gasteiger partial charge >= 0.3 is 12.2 Å². The Kier molecular flexibility index (Phi) is 6.14. The molecule has 2 heterocycles. The van der Waals surface area contributed by atoms with Gasteiger partial charge in [-0.3, -0.25) is 4.90 Å². The number of nitrogens with zero attached hydrogens (tertiary/aromatic N) is 3. The highest BCUT2D eigenvalue weighted by Crippen LogP contribution is 2.29. The van der Waals surface area contributed by atoms with Crippen LogP contribution in [0.1, 0.15) is 6.92 Å². The van der Waals surface area contributed by atoms with E-state index in [1.165, 1.54) is 15.9 Å². The maximum Gasteiger partial charge on any atom is 0.414 e. The van der Waals surface area contributed by atoms with Gasteiger partial charge in [0, 0.05) is 26.2 Å². The van der Waals surface area contributed by atoms with Crippen molar-refractivity contribution in [2.75, 3.05) is 42.5 Å². The zero-order chi connectivity index (χ0) is 20.4. The van der Waals surface area contributed by atoms with Gasteiger partial charge in [-0.25, -0.2) is 14.0 Å². The lowest BCUT2D eigenvalue weighted by atomic mass is 10.1. The first-order valence-corrected chi connectivity index (χ1v) is 9.62. The molecule has 11 heteroatoms. The fourth-order valence-electron chi connectivity index (χ4n) is 3.30. The highest BCUT2D eigenvalue weighted by atomic mass is 32.1. The van der Waals surface area contributed by atoms with E-state index in [-0.39, 0.29) is 12.6 Å². The van der Waals surface area contributed by atoms with Crippen molar-refractivity contribution in [1.82, 2.24) is 10.2 Å². The maximum absolute atomic E-state index is 14.7. The number of nitrogens with one attached hydrogen (secondary N) is 1. The standard InChI is InChI=1S/C17H21FN4O4S2/c1-10(19-15(27)28)14-9-22(17(25)26-14)11-2-3-13(12(18)8-11)20-4-6-21(7-5-20)16(23)24/h2-3,8,10,14H,4-7,9H2,1H3,(H,23,24)(H2,19,27,28)/t10?,14-/m0/s1. The first kappa shape index (κ1) is 20.5. The summed E-state index contributed by atoms with van der Waals surface area (Å²) >= 11 is 8.90. The topological polar surface area (TPSA) is 85.4 Å². The minimum atomic E-state index is -0.972. The summed E-state index contributed by atoms with van der Waals surface area (Å²) < 4.78 is 20.4. The Labute approximate surface area is 172 Å². The van der Waals surface area contributed by atoms with Gasteiger partial charge in [0.05, 0.1) is 24.0 Å². The van der Waals surface area contributed by atoms with Crippen LogP contribution in [-0.2, 0) is 4.74 Å². The Bertz CT molecular complexity index is 788. The molecule has 28 heavy (non-hydrogen) atoms. The number of carbonyl (C=O) groups excluding carboxylic acids is 1. The molecule has 0 radical (unpaired) electrons. The molecule has 0 bridgehead atoms. The molecule has 1 aromatic carbocycles. The summed E-state index contributed by atoms with van der Waals surface area (Å²) in [5.41, 5.74) is 0.784. The molecule has 152 valence electrons.